The van der Waals surface area contributed by atoms with Gasteiger partial charge in [-0.3, -0.25) is 0 Å². The minimum atomic E-state index is 0.746. The molecule has 0 aliphatic heterocycles. The summed E-state index contributed by atoms with van der Waals surface area (Å²) in [6.07, 6.45) is 1.96. The molecule has 0 amide bonds. The number of likely N-dealkylation sites (N-methyl/N-ethyl adjacent to an activating group) is 1. The highest BCUT2D eigenvalue weighted by atomic mass is 32.1. The lowest BCUT2D eigenvalue weighted by Crippen LogP contribution is -2.26. The molecule has 0 saturated heterocycles. The van der Waals surface area contributed by atoms with Crippen molar-refractivity contribution in [2.45, 2.75) is 20.4 Å². The van der Waals surface area contributed by atoms with E-state index in [0.717, 1.165) is 37.9 Å². The van der Waals surface area contributed by atoms with Crippen LogP contribution in [-0.4, -0.2) is 38.3 Å². The van der Waals surface area contributed by atoms with Gasteiger partial charge in [0.1, 0.15) is 0 Å². The number of anilines is 1. The maximum absolute atomic E-state index is 5.09. The van der Waals surface area contributed by atoms with E-state index in [1.165, 1.54) is 4.88 Å². The second-order valence-electron chi connectivity index (χ2n) is 3.46. The highest BCUT2D eigenvalue weighted by Gasteiger charge is 2.08. The first-order valence-corrected chi connectivity index (χ1v) is 6.52. The van der Waals surface area contributed by atoms with Crippen molar-refractivity contribution in [3.05, 3.63) is 11.1 Å². The molecule has 1 rings (SSSR count). The van der Waals surface area contributed by atoms with Gasteiger partial charge in [-0.25, -0.2) is 4.98 Å². The summed E-state index contributed by atoms with van der Waals surface area (Å²) in [4.78, 5) is 7.97. The van der Waals surface area contributed by atoms with Gasteiger partial charge in [0, 0.05) is 37.8 Å². The van der Waals surface area contributed by atoms with Crippen LogP contribution in [0.15, 0.2) is 6.20 Å². The van der Waals surface area contributed by atoms with Gasteiger partial charge in [0.15, 0.2) is 5.13 Å². The third-order valence-corrected chi connectivity index (χ3v) is 3.37. The van der Waals surface area contributed by atoms with Crippen molar-refractivity contribution in [2.24, 2.45) is 0 Å². The second kappa shape index (κ2) is 7.60. The molecule has 0 bridgehead atoms. The Hall–Kier alpha value is -0.650. The molecular weight excluding hydrogens is 222 g/mol. The largest absolute Gasteiger partial charge is 0.383 e. The van der Waals surface area contributed by atoms with Crippen LogP contribution in [0.1, 0.15) is 18.7 Å². The van der Waals surface area contributed by atoms with Gasteiger partial charge >= 0.3 is 0 Å². The Bertz CT molecular complexity index is 291. The van der Waals surface area contributed by atoms with E-state index in [9.17, 15) is 0 Å². The van der Waals surface area contributed by atoms with Gasteiger partial charge in [0.25, 0.3) is 0 Å². The van der Waals surface area contributed by atoms with Crippen LogP contribution in [-0.2, 0) is 11.3 Å². The van der Waals surface area contributed by atoms with Gasteiger partial charge in [-0.15, -0.1) is 11.3 Å². The summed E-state index contributed by atoms with van der Waals surface area (Å²) in [7, 11) is 1.73. The van der Waals surface area contributed by atoms with E-state index in [1.807, 2.05) is 6.20 Å². The van der Waals surface area contributed by atoms with Crippen LogP contribution >= 0.6 is 11.3 Å². The standard InChI is InChI=1S/C11H21N3OS/c1-4-12-8-10-9-13-11(16-10)14(5-2)6-7-15-3/h9,12H,4-8H2,1-3H3. The minimum Gasteiger partial charge on any atom is -0.383 e. The Kier molecular flexibility index (Phi) is 6.37. The average Bonchev–Trinajstić information content (AvgIpc) is 2.76. The van der Waals surface area contributed by atoms with Gasteiger partial charge in [-0.1, -0.05) is 6.92 Å². The lowest BCUT2D eigenvalue weighted by atomic mass is 10.5. The summed E-state index contributed by atoms with van der Waals surface area (Å²) in [5.74, 6) is 0. The molecule has 0 unspecified atom stereocenters. The van der Waals surface area contributed by atoms with Crippen LogP contribution in [0.25, 0.3) is 0 Å². The number of hydrogen-bond acceptors (Lipinski definition) is 5. The van der Waals surface area contributed by atoms with E-state index in [-0.39, 0.29) is 0 Å². The molecule has 92 valence electrons. The molecular formula is C11H21N3OS. The fraction of sp³-hybridized carbons (Fsp3) is 0.727. The van der Waals surface area contributed by atoms with Gasteiger partial charge in [0.05, 0.1) is 6.61 Å². The topological polar surface area (TPSA) is 37.4 Å². The summed E-state index contributed by atoms with van der Waals surface area (Å²) >= 11 is 1.75. The summed E-state index contributed by atoms with van der Waals surface area (Å²) < 4.78 is 5.09. The van der Waals surface area contributed by atoms with Crippen LogP contribution in [0.3, 0.4) is 0 Å². The van der Waals surface area contributed by atoms with Gasteiger partial charge < -0.3 is 15.0 Å². The van der Waals surface area contributed by atoms with Gasteiger partial charge in [0.2, 0.25) is 0 Å². The predicted octanol–water partition coefficient (Wildman–Crippen LogP) is 1.73. The molecule has 0 atom stereocenters. The first-order chi connectivity index (χ1) is 7.81. The van der Waals surface area contributed by atoms with Crippen molar-refractivity contribution >= 4 is 16.5 Å². The fourth-order valence-corrected chi connectivity index (χ4v) is 2.33. The summed E-state index contributed by atoms with van der Waals surface area (Å²) in [5.41, 5.74) is 0. The number of nitrogens with zero attached hydrogens (tertiary/aromatic N) is 2. The molecule has 16 heavy (non-hydrogen) atoms. The molecule has 0 spiro atoms. The third kappa shape index (κ3) is 4.08. The number of thiazole rings is 1. The average molecular weight is 243 g/mol. The van der Waals surface area contributed by atoms with E-state index < -0.39 is 0 Å². The van der Waals surface area contributed by atoms with E-state index >= 15 is 0 Å². The molecule has 0 aliphatic carbocycles. The Morgan fingerprint density at radius 1 is 1.50 bits per heavy atom. The van der Waals surface area contributed by atoms with E-state index in [4.69, 9.17) is 4.74 Å². The Balaban J connectivity index is 2.52. The van der Waals surface area contributed by atoms with E-state index in [0.29, 0.717) is 0 Å². The monoisotopic (exact) mass is 243 g/mol. The summed E-state index contributed by atoms with van der Waals surface area (Å²) in [5, 5.41) is 4.40. The zero-order chi connectivity index (χ0) is 11.8. The van der Waals surface area contributed by atoms with E-state index in [1.54, 1.807) is 18.4 Å². The van der Waals surface area contributed by atoms with Crippen molar-refractivity contribution < 1.29 is 4.74 Å². The first kappa shape index (κ1) is 13.4. The summed E-state index contributed by atoms with van der Waals surface area (Å²) in [6.45, 7) is 8.78. The number of methoxy groups -OCH3 is 1. The van der Waals surface area contributed by atoms with Crippen LogP contribution in [0, 0.1) is 0 Å². The number of aromatic nitrogens is 1. The lowest BCUT2D eigenvalue weighted by Gasteiger charge is -2.18. The van der Waals surface area contributed by atoms with Crippen molar-refractivity contribution in [3.63, 3.8) is 0 Å². The molecule has 0 saturated carbocycles. The zero-order valence-electron chi connectivity index (χ0n) is 10.3. The normalized spacial score (nSPS) is 10.7. The van der Waals surface area contributed by atoms with Gasteiger partial charge in [-0.05, 0) is 13.5 Å². The molecule has 1 aromatic heterocycles. The Morgan fingerprint density at radius 3 is 2.94 bits per heavy atom. The molecule has 1 aromatic rings. The SMILES string of the molecule is CCNCc1cnc(N(CC)CCOC)s1. The van der Waals surface area contributed by atoms with Crippen molar-refractivity contribution in [2.75, 3.05) is 38.3 Å². The fourth-order valence-electron chi connectivity index (χ4n) is 1.36. The minimum absolute atomic E-state index is 0.746. The molecule has 5 heteroatoms. The number of rotatable bonds is 8. The quantitative estimate of drug-likeness (QED) is 0.754. The number of hydrogen-bond donors (Lipinski definition) is 1. The highest BCUT2D eigenvalue weighted by Crippen LogP contribution is 2.21. The van der Waals surface area contributed by atoms with Crippen molar-refractivity contribution in [1.29, 1.82) is 0 Å². The second-order valence-corrected chi connectivity index (χ2v) is 4.56. The zero-order valence-corrected chi connectivity index (χ0v) is 11.1. The molecule has 1 N–H and O–H groups in total. The first-order valence-electron chi connectivity index (χ1n) is 5.71. The smallest absolute Gasteiger partial charge is 0.185 e. The number of nitrogens with one attached hydrogen (secondary N) is 1. The maximum atomic E-state index is 5.09. The highest BCUT2D eigenvalue weighted by molar-refractivity contribution is 7.15. The summed E-state index contributed by atoms with van der Waals surface area (Å²) in [6, 6.07) is 0. The Morgan fingerprint density at radius 2 is 2.31 bits per heavy atom. The maximum Gasteiger partial charge on any atom is 0.185 e. The van der Waals surface area contributed by atoms with Crippen LogP contribution in [0.2, 0.25) is 0 Å². The van der Waals surface area contributed by atoms with Crippen LogP contribution < -0.4 is 10.2 Å². The lowest BCUT2D eigenvalue weighted by molar-refractivity contribution is 0.205. The van der Waals surface area contributed by atoms with E-state index in [2.05, 4.69) is 29.0 Å². The van der Waals surface area contributed by atoms with Gasteiger partial charge in [-0.2, -0.15) is 0 Å². The van der Waals surface area contributed by atoms with Crippen LogP contribution in [0.5, 0.6) is 0 Å². The molecule has 0 radical (unpaired) electrons. The molecule has 0 aromatic carbocycles. The molecule has 1 heterocycles. The number of ether oxygens (including phenoxy) is 1. The third-order valence-electron chi connectivity index (χ3n) is 2.31. The molecule has 4 nitrogen and oxygen atoms in total. The van der Waals surface area contributed by atoms with Crippen molar-refractivity contribution in [1.82, 2.24) is 10.3 Å². The van der Waals surface area contributed by atoms with Crippen LogP contribution in [0.4, 0.5) is 5.13 Å². The molecule has 0 aliphatic rings. The molecule has 0 fully saturated rings. The Labute approximate surface area is 102 Å². The van der Waals surface area contributed by atoms with Crippen molar-refractivity contribution in [3.8, 4) is 0 Å². The predicted molar refractivity (Wildman–Crippen MR) is 69.3 cm³/mol.